The number of benzene rings is 2. The van der Waals surface area contributed by atoms with Gasteiger partial charge in [-0.25, -0.2) is 0 Å². The molecular weight excluding hydrogens is 428 g/mol. The Morgan fingerprint density at radius 1 is 1.17 bits per heavy atom. The van der Waals surface area contributed by atoms with Crippen LogP contribution in [0.15, 0.2) is 58.5 Å². The molecule has 0 spiro atoms. The third-order valence-electron chi connectivity index (χ3n) is 4.08. The molecule has 0 bridgehead atoms. The minimum absolute atomic E-state index is 0.0854. The number of hydrogen-bond acceptors (Lipinski definition) is 7. The van der Waals surface area contributed by atoms with Crippen molar-refractivity contribution in [3.05, 3.63) is 63.9 Å². The zero-order valence-electron chi connectivity index (χ0n) is 15.6. The summed E-state index contributed by atoms with van der Waals surface area (Å²) in [5, 5.41) is 16.0. The van der Waals surface area contributed by atoms with Crippen LogP contribution >= 0.6 is 23.4 Å². The second-order valence-corrected chi connectivity index (χ2v) is 7.47. The fourth-order valence-electron chi connectivity index (χ4n) is 2.63. The summed E-state index contributed by atoms with van der Waals surface area (Å²) in [6.07, 6.45) is 0. The Labute approximate surface area is 179 Å². The lowest BCUT2D eigenvalue weighted by Gasteiger charge is -2.05. The first-order valence-corrected chi connectivity index (χ1v) is 10.1. The molecule has 2 aromatic carbocycles. The van der Waals surface area contributed by atoms with E-state index in [9.17, 15) is 9.59 Å². The molecule has 30 heavy (non-hydrogen) atoms. The lowest BCUT2D eigenvalue weighted by molar-refractivity contribution is -0.113. The van der Waals surface area contributed by atoms with Crippen molar-refractivity contribution in [1.29, 1.82) is 0 Å². The molecule has 0 atom stereocenters. The van der Waals surface area contributed by atoms with E-state index in [-0.39, 0.29) is 23.1 Å². The molecule has 9 nitrogen and oxygen atoms in total. The lowest BCUT2D eigenvalue weighted by Crippen LogP contribution is -2.16. The highest BCUT2D eigenvalue weighted by atomic mass is 35.5. The van der Waals surface area contributed by atoms with Crippen LogP contribution in [0.25, 0.3) is 17.0 Å². The summed E-state index contributed by atoms with van der Waals surface area (Å²) in [6.45, 7) is 0. The van der Waals surface area contributed by atoms with Crippen LogP contribution in [0.3, 0.4) is 0 Å². The molecular formula is C19H15ClN6O3S. The molecule has 0 aliphatic heterocycles. The van der Waals surface area contributed by atoms with Gasteiger partial charge in [-0.3, -0.25) is 14.6 Å². The second kappa shape index (κ2) is 8.56. The van der Waals surface area contributed by atoms with Gasteiger partial charge < -0.3 is 10.1 Å². The SMILES string of the molecule is COc1ccc(-c2nn3c(SCC(=O)Nc4ccc(Cl)cc4)nnc3[nH]c2=O)cc1. The molecule has 0 fully saturated rings. The number of carbonyl (C=O) groups excluding carboxylic acids is 1. The Morgan fingerprint density at radius 2 is 1.90 bits per heavy atom. The van der Waals surface area contributed by atoms with Crippen LogP contribution < -0.4 is 15.6 Å². The van der Waals surface area contributed by atoms with Crippen LogP contribution in [-0.4, -0.2) is 43.6 Å². The van der Waals surface area contributed by atoms with E-state index >= 15 is 0 Å². The van der Waals surface area contributed by atoms with E-state index < -0.39 is 5.56 Å². The van der Waals surface area contributed by atoms with Gasteiger partial charge in [0.2, 0.25) is 11.1 Å². The smallest absolute Gasteiger partial charge is 0.279 e. The number of methoxy groups -OCH3 is 1. The molecule has 2 heterocycles. The van der Waals surface area contributed by atoms with E-state index in [1.54, 1.807) is 55.6 Å². The topological polar surface area (TPSA) is 114 Å². The number of nitrogens with zero attached hydrogens (tertiary/aromatic N) is 4. The molecule has 0 radical (unpaired) electrons. The predicted molar refractivity (Wildman–Crippen MR) is 114 cm³/mol. The molecule has 1 amide bonds. The van der Waals surface area contributed by atoms with Gasteiger partial charge in [0.05, 0.1) is 12.9 Å². The van der Waals surface area contributed by atoms with Crippen molar-refractivity contribution in [2.24, 2.45) is 0 Å². The number of ether oxygens (including phenoxy) is 1. The van der Waals surface area contributed by atoms with Crippen molar-refractivity contribution in [3.63, 3.8) is 0 Å². The molecule has 0 unspecified atom stereocenters. The number of fused-ring (bicyclic) bond motifs is 1. The molecule has 0 aliphatic carbocycles. The number of hydrogen-bond donors (Lipinski definition) is 2. The van der Waals surface area contributed by atoms with Gasteiger partial charge in [-0.1, -0.05) is 23.4 Å². The van der Waals surface area contributed by atoms with Crippen molar-refractivity contribution >= 4 is 40.7 Å². The molecule has 0 saturated carbocycles. The number of carbonyl (C=O) groups is 1. The summed E-state index contributed by atoms with van der Waals surface area (Å²) < 4.78 is 6.54. The van der Waals surface area contributed by atoms with Gasteiger partial charge in [-0.2, -0.15) is 9.61 Å². The Hall–Kier alpha value is -3.37. The average Bonchev–Trinajstić information content (AvgIpc) is 3.15. The normalized spacial score (nSPS) is 10.9. The van der Waals surface area contributed by atoms with Crippen LogP contribution in [0.1, 0.15) is 0 Å². The molecule has 152 valence electrons. The Balaban J connectivity index is 1.53. The van der Waals surface area contributed by atoms with Crippen LogP contribution in [-0.2, 0) is 4.79 Å². The molecule has 4 aromatic rings. The number of aromatic amines is 1. The number of rotatable bonds is 6. The number of H-pyrrole nitrogens is 1. The molecule has 0 aliphatic rings. The maximum Gasteiger partial charge on any atom is 0.279 e. The van der Waals surface area contributed by atoms with Gasteiger partial charge >= 0.3 is 0 Å². The maximum atomic E-state index is 12.4. The highest BCUT2D eigenvalue weighted by Crippen LogP contribution is 2.20. The van der Waals surface area contributed by atoms with Crippen molar-refractivity contribution < 1.29 is 9.53 Å². The molecule has 4 rings (SSSR count). The minimum atomic E-state index is -0.392. The monoisotopic (exact) mass is 442 g/mol. The van der Waals surface area contributed by atoms with E-state index in [1.807, 2.05) is 0 Å². The molecule has 2 aromatic heterocycles. The summed E-state index contributed by atoms with van der Waals surface area (Å²) in [4.78, 5) is 27.3. The zero-order chi connectivity index (χ0) is 21.1. The van der Waals surface area contributed by atoms with Crippen molar-refractivity contribution in [2.45, 2.75) is 5.16 Å². The summed E-state index contributed by atoms with van der Waals surface area (Å²) in [6, 6.07) is 13.8. The fourth-order valence-corrected chi connectivity index (χ4v) is 3.43. The first-order chi connectivity index (χ1) is 14.5. The number of aromatic nitrogens is 5. The Morgan fingerprint density at radius 3 is 2.60 bits per heavy atom. The van der Waals surface area contributed by atoms with Crippen molar-refractivity contribution in [3.8, 4) is 17.0 Å². The van der Waals surface area contributed by atoms with Crippen molar-refractivity contribution in [2.75, 3.05) is 18.2 Å². The minimum Gasteiger partial charge on any atom is -0.497 e. The van der Waals surface area contributed by atoms with Crippen LogP contribution in [0.2, 0.25) is 5.02 Å². The average molecular weight is 443 g/mol. The molecule has 2 N–H and O–H groups in total. The quantitative estimate of drug-likeness (QED) is 0.441. The van der Waals surface area contributed by atoms with Crippen LogP contribution in [0.5, 0.6) is 5.75 Å². The van der Waals surface area contributed by atoms with Gasteiger partial charge in [0.1, 0.15) is 5.75 Å². The Bertz CT molecular complexity index is 1250. The highest BCUT2D eigenvalue weighted by Gasteiger charge is 2.15. The standard InChI is InChI=1S/C19H15ClN6O3S/c1-29-14-8-2-11(3-9-14)16-17(28)22-18-23-24-19(26(18)25-16)30-10-15(27)21-13-6-4-12(20)5-7-13/h2-9H,10H2,1H3,(H,21,27)(H,22,23,28). The number of nitrogens with one attached hydrogen (secondary N) is 2. The number of amides is 1. The van der Waals surface area contributed by atoms with Gasteiger partial charge in [0, 0.05) is 16.3 Å². The highest BCUT2D eigenvalue weighted by molar-refractivity contribution is 7.99. The molecule has 11 heteroatoms. The number of thioether (sulfide) groups is 1. The third-order valence-corrected chi connectivity index (χ3v) is 5.25. The summed E-state index contributed by atoms with van der Waals surface area (Å²) in [7, 11) is 1.57. The van der Waals surface area contributed by atoms with Gasteiger partial charge in [0.25, 0.3) is 11.3 Å². The first-order valence-electron chi connectivity index (χ1n) is 8.72. The van der Waals surface area contributed by atoms with Gasteiger partial charge in [-0.05, 0) is 48.5 Å². The van der Waals surface area contributed by atoms with Crippen LogP contribution in [0, 0.1) is 0 Å². The van der Waals surface area contributed by atoms with Crippen LogP contribution in [0.4, 0.5) is 5.69 Å². The van der Waals surface area contributed by atoms with E-state index in [4.69, 9.17) is 16.3 Å². The molecule has 0 saturated heterocycles. The van der Waals surface area contributed by atoms with E-state index in [0.29, 0.717) is 27.2 Å². The fraction of sp³-hybridized carbons (Fsp3) is 0.105. The van der Waals surface area contributed by atoms with E-state index in [2.05, 4.69) is 25.6 Å². The van der Waals surface area contributed by atoms with Gasteiger partial charge in [0.15, 0.2) is 5.69 Å². The largest absolute Gasteiger partial charge is 0.497 e. The number of halogens is 1. The zero-order valence-corrected chi connectivity index (χ0v) is 17.2. The van der Waals surface area contributed by atoms with Crippen molar-refractivity contribution in [1.82, 2.24) is 24.8 Å². The predicted octanol–water partition coefficient (Wildman–Crippen LogP) is 2.87. The van der Waals surface area contributed by atoms with E-state index in [1.165, 1.54) is 4.52 Å². The summed E-state index contributed by atoms with van der Waals surface area (Å²) >= 11 is 6.99. The lowest BCUT2D eigenvalue weighted by atomic mass is 10.1. The first kappa shape index (κ1) is 19.9. The van der Waals surface area contributed by atoms with E-state index in [0.717, 1.165) is 11.8 Å². The maximum absolute atomic E-state index is 12.4. The summed E-state index contributed by atoms with van der Waals surface area (Å²) in [5.74, 6) is 0.725. The van der Waals surface area contributed by atoms with Gasteiger partial charge in [-0.15, -0.1) is 10.2 Å². The third kappa shape index (κ3) is 4.29. The Kier molecular flexibility index (Phi) is 5.68. The number of anilines is 1. The summed E-state index contributed by atoms with van der Waals surface area (Å²) in [5.41, 5.74) is 1.07. The second-order valence-electron chi connectivity index (χ2n) is 6.09.